The van der Waals surface area contributed by atoms with Gasteiger partial charge in [-0.15, -0.1) is 0 Å². The van der Waals surface area contributed by atoms with E-state index in [2.05, 4.69) is 0 Å². The highest BCUT2D eigenvalue weighted by molar-refractivity contribution is 5.68. The molecule has 27 heavy (non-hydrogen) atoms. The standard InChI is InChI=1S/C18H25F2N3O4/c1-12-14(9-13(16(19)20)10-15(12)23(25)26)11-21-5-7-22(8-6-21)17(24)27-18(2,3)4/h9-10,16H,5-8,11H2,1-4H3. The van der Waals surface area contributed by atoms with Crippen LogP contribution in [0.3, 0.4) is 0 Å². The molecule has 1 aromatic rings. The predicted molar refractivity (Wildman–Crippen MR) is 95.9 cm³/mol. The second kappa shape index (κ2) is 8.16. The maximum Gasteiger partial charge on any atom is 0.410 e. The highest BCUT2D eigenvalue weighted by Crippen LogP contribution is 2.30. The number of nitro benzene ring substituents is 1. The lowest BCUT2D eigenvalue weighted by Gasteiger charge is -2.35. The van der Waals surface area contributed by atoms with E-state index in [1.807, 2.05) is 4.90 Å². The topological polar surface area (TPSA) is 75.9 Å². The molecule has 2 rings (SSSR count). The molecule has 1 aliphatic heterocycles. The van der Waals surface area contributed by atoms with Crippen molar-refractivity contribution in [3.05, 3.63) is 38.9 Å². The molecule has 0 N–H and O–H groups in total. The third-order valence-electron chi connectivity index (χ3n) is 4.38. The van der Waals surface area contributed by atoms with Crippen molar-refractivity contribution in [3.63, 3.8) is 0 Å². The quantitative estimate of drug-likeness (QED) is 0.580. The molecule has 9 heteroatoms. The molecule has 150 valence electrons. The van der Waals surface area contributed by atoms with Crippen LogP contribution in [0.25, 0.3) is 0 Å². The van der Waals surface area contributed by atoms with Crippen LogP contribution in [0.4, 0.5) is 19.3 Å². The second-order valence-electron chi connectivity index (χ2n) is 7.63. The van der Waals surface area contributed by atoms with E-state index in [4.69, 9.17) is 4.74 Å². The summed E-state index contributed by atoms with van der Waals surface area (Å²) in [7, 11) is 0. The number of rotatable bonds is 4. The molecule has 0 spiro atoms. The van der Waals surface area contributed by atoms with Crippen molar-refractivity contribution in [1.29, 1.82) is 0 Å². The first-order valence-electron chi connectivity index (χ1n) is 8.74. The maximum absolute atomic E-state index is 13.1. The predicted octanol–water partition coefficient (Wildman–Crippen LogP) is 3.89. The summed E-state index contributed by atoms with van der Waals surface area (Å²) in [5.74, 6) is 0. The molecule has 0 atom stereocenters. The van der Waals surface area contributed by atoms with E-state index in [9.17, 15) is 23.7 Å². The summed E-state index contributed by atoms with van der Waals surface area (Å²) >= 11 is 0. The third-order valence-corrected chi connectivity index (χ3v) is 4.38. The fourth-order valence-corrected chi connectivity index (χ4v) is 2.92. The smallest absolute Gasteiger partial charge is 0.410 e. The lowest BCUT2D eigenvalue weighted by molar-refractivity contribution is -0.385. The van der Waals surface area contributed by atoms with Crippen molar-refractivity contribution >= 4 is 11.8 Å². The highest BCUT2D eigenvalue weighted by Gasteiger charge is 2.27. The van der Waals surface area contributed by atoms with Gasteiger partial charge in [0, 0.05) is 49.9 Å². The molecular weight excluding hydrogens is 360 g/mol. The van der Waals surface area contributed by atoms with Crippen molar-refractivity contribution in [2.45, 2.75) is 46.3 Å². The Morgan fingerprint density at radius 2 is 1.85 bits per heavy atom. The zero-order valence-corrected chi connectivity index (χ0v) is 16.0. The lowest BCUT2D eigenvalue weighted by Crippen LogP contribution is -2.49. The molecule has 0 bridgehead atoms. The highest BCUT2D eigenvalue weighted by atomic mass is 19.3. The van der Waals surface area contributed by atoms with E-state index >= 15 is 0 Å². The van der Waals surface area contributed by atoms with Crippen LogP contribution in [0.15, 0.2) is 12.1 Å². The number of nitrogens with zero attached hydrogens (tertiary/aromatic N) is 3. The summed E-state index contributed by atoms with van der Waals surface area (Å²) in [6, 6.07) is 2.26. The molecule has 0 saturated carbocycles. The van der Waals surface area contributed by atoms with Crippen LogP contribution in [0.5, 0.6) is 0 Å². The molecular formula is C18H25F2N3O4. The number of alkyl halides is 2. The number of benzene rings is 1. The molecule has 0 aliphatic carbocycles. The monoisotopic (exact) mass is 385 g/mol. The number of hydrogen-bond acceptors (Lipinski definition) is 5. The fourth-order valence-electron chi connectivity index (χ4n) is 2.92. The molecule has 1 aliphatic rings. The van der Waals surface area contributed by atoms with Crippen LogP contribution in [-0.2, 0) is 11.3 Å². The van der Waals surface area contributed by atoms with Gasteiger partial charge in [-0.1, -0.05) is 0 Å². The first-order valence-corrected chi connectivity index (χ1v) is 8.74. The molecule has 0 radical (unpaired) electrons. The zero-order chi connectivity index (χ0) is 20.4. The van der Waals surface area contributed by atoms with Gasteiger partial charge in [-0.2, -0.15) is 0 Å². The van der Waals surface area contributed by atoms with Gasteiger partial charge in [0.05, 0.1) is 4.92 Å². The van der Waals surface area contributed by atoms with E-state index < -0.39 is 16.9 Å². The van der Waals surface area contributed by atoms with Gasteiger partial charge >= 0.3 is 6.09 Å². The summed E-state index contributed by atoms with van der Waals surface area (Å²) in [4.78, 5) is 26.2. The van der Waals surface area contributed by atoms with Crippen molar-refractivity contribution in [3.8, 4) is 0 Å². The minimum Gasteiger partial charge on any atom is -0.444 e. The van der Waals surface area contributed by atoms with Crippen LogP contribution in [-0.4, -0.2) is 52.6 Å². The second-order valence-corrected chi connectivity index (χ2v) is 7.63. The Labute approximate surface area is 157 Å². The Balaban J connectivity index is 2.07. The summed E-state index contributed by atoms with van der Waals surface area (Å²) < 4.78 is 31.5. The molecule has 0 unspecified atom stereocenters. The van der Waals surface area contributed by atoms with E-state index in [1.165, 1.54) is 6.07 Å². The Morgan fingerprint density at radius 1 is 1.26 bits per heavy atom. The average molecular weight is 385 g/mol. The van der Waals surface area contributed by atoms with E-state index in [0.717, 1.165) is 6.07 Å². The minimum absolute atomic E-state index is 0.296. The minimum atomic E-state index is -2.77. The Kier molecular flexibility index (Phi) is 6.35. The number of carbonyl (C=O) groups excluding carboxylic acids is 1. The number of nitro groups is 1. The molecule has 7 nitrogen and oxygen atoms in total. The van der Waals surface area contributed by atoms with Gasteiger partial charge in [-0.05, 0) is 39.3 Å². The Morgan fingerprint density at radius 3 is 2.33 bits per heavy atom. The number of ether oxygens (including phenoxy) is 1. The van der Waals surface area contributed by atoms with Crippen molar-refractivity contribution in [1.82, 2.24) is 9.80 Å². The van der Waals surface area contributed by atoms with Crippen LogP contribution in [0, 0.1) is 17.0 Å². The molecule has 1 fully saturated rings. The first-order chi connectivity index (χ1) is 12.5. The number of piperazine rings is 1. The van der Waals surface area contributed by atoms with E-state index in [-0.39, 0.29) is 17.3 Å². The number of hydrogen-bond donors (Lipinski definition) is 0. The molecule has 1 heterocycles. The Hall–Kier alpha value is -2.29. The van der Waals surface area contributed by atoms with E-state index in [0.29, 0.717) is 43.9 Å². The number of carbonyl (C=O) groups is 1. The van der Waals surface area contributed by atoms with E-state index in [1.54, 1.807) is 32.6 Å². The summed E-state index contributed by atoms with van der Waals surface area (Å²) in [5.41, 5.74) is -0.325. The molecule has 1 amide bonds. The lowest BCUT2D eigenvalue weighted by atomic mass is 10.0. The van der Waals surface area contributed by atoms with Gasteiger partial charge < -0.3 is 9.64 Å². The van der Waals surface area contributed by atoms with Gasteiger partial charge in [0.25, 0.3) is 12.1 Å². The SMILES string of the molecule is Cc1c(CN2CCN(C(=O)OC(C)(C)C)CC2)cc(C(F)F)cc1[N+](=O)[O-]. The summed E-state index contributed by atoms with van der Waals surface area (Å²) in [6.07, 6.45) is -3.15. The maximum atomic E-state index is 13.1. The van der Waals surface area contributed by atoms with Gasteiger partial charge in [0.2, 0.25) is 0 Å². The van der Waals surface area contributed by atoms with Crippen molar-refractivity contribution < 1.29 is 23.2 Å². The molecule has 0 aromatic heterocycles. The van der Waals surface area contributed by atoms with Crippen LogP contribution in [0.1, 0.15) is 43.9 Å². The largest absolute Gasteiger partial charge is 0.444 e. The fraction of sp³-hybridized carbons (Fsp3) is 0.611. The van der Waals surface area contributed by atoms with Gasteiger partial charge in [-0.25, -0.2) is 13.6 Å². The van der Waals surface area contributed by atoms with Gasteiger partial charge in [-0.3, -0.25) is 15.0 Å². The van der Waals surface area contributed by atoms with Gasteiger partial charge in [0.15, 0.2) is 0 Å². The molecule has 1 saturated heterocycles. The first kappa shape index (κ1) is 21.0. The van der Waals surface area contributed by atoms with Crippen molar-refractivity contribution in [2.75, 3.05) is 26.2 Å². The van der Waals surface area contributed by atoms with Crippen LogP contribution in [0.2, 0.25) is 0 Å². The van der Waals surface area contributed by atoms with Crippen LogP contribution >= 0.6 is 0 Å². The summed E-state index contributed by atoms with van der Waals surface area (Å²) in [5, 5.41) is 11.2. The third kappa shape index (κ3) is 5.59. The van der Waals surface area contributed by atoms with Gasteiger partial charge in [0.1, 0.15) is 5.60 Å². The van der Waals surface area contributed by atoms with Crippen LogP contribution < -0.4 is 0 Å². The van der Waals surface area contributed by atoms with Crippen molar-refractivity contribution in [2.24, 2.45) is 0 Å². The number of amides is 1. The molecule has 1 aromatic carbocycles. The number of halogens is 2. The normalized spacial score (nSPS) is 15.9. The zero-order valence-electron chi connectivity index (χ0n) is 16.0. The average Bonchev–Trinajstić information content (AvgIpc) is 2.55. The summed E-state index contributed by atoms with van der Waals surface area (Å²) in [6.45, 7) is 9.24. The Bertz CT molecular complexity index is 711.